The first-order valence-corrected chi connectivity index (χ1v) is 7.25. The van der Waals surface area contributed by atoms with Gasteiger partial charge in [-0.3, -0.25) is 4.79 Å². The molecule has 2 fully saturated rings. The average Bonchev–Trinajstić information content (AvgIpc) is 2.75. The van der Waals surface area contributed by atoms with E-state index < -0.39 is 5.54 Å². The Morgan fingerprint density at radius 2 is 2.17 bits per heavy atom. The maximum absolute atomic E-state index is 12.3. The summed E-state index contributed by atoms with van der Waals surface area (Å²) in [5.41, 5.74) is 5.58. The SMILES string of the molecule is CC1CCCC(CO)(NC(=O)C2CCCC2N)C1. The third-order valence-corrected chi connectivity index (χ3v) is 4.69. The zero-order valence-corrected chi connectivity index (χ0v) is 11.3. The fraction of sp³-hybridized carbons (Fsp3) is 0.929. The highest BCUT2D eigenvalue weighted by Gasteiger charge is 2.39. The molecule has 0 bridgehead atoms. The zero-order chi connectivity index (χ0) is 13.2. The molecule has 0 heterocycles. The van der Waals surface area contributed by atoms with E-state index in [1.807, 2.05) is 0 Å². The molecular formula is C14H26N2O2. The molecule has 0 aromatic heterocycles. The van der Waals surface area contributed by atoms with Crippen molar-refractivity contribution in [2.45, 2.75) is 63.5 Å². The molecule has 0 aromatic rings. The van der Waals surface area contributed by atoms with Gasteiger partial charge >= 0.3 is 0 Å². The van der Waals surface area contributed by atoms with Gasteiger partial charge in [-0.2, -0.15) is 0 Å². The van der Waals surface area contributed by atoms with E-state index in [0.717, 1.165) is 38.5 Å². The molecule has 2 aliphatic carbocycles. The van der Waals surface area contributed by atoms with Crippen LogP contribution < -0.4 is 11.1 Å². The topological polar surface area (TPSA) is 75.3 Å². The summed E-state index contributed by atoms with van der Waals surface area (Å²) in [6, 6.07) is 0.00163. The molecule has 2 saturated carbocycles. The molecule has 104 valence electrons. The highest BCUT2D eigenvalue weighted by Crippen LogP contribution is 2.33. The van der Waals surface area contributed by atoms with Crippen molar-refractivity contribution in [1.29, 1.82) is 0 Å². The van der Waals surface area contributed by atoms with Crippen LogP contribution in [-0.2, 0) is 4.79 Å². The van der Waals surface area contributed by atoms with Crippen LogP contribution in [0.5, 0.6) is 0 Å². The largest absolute Gasteiger partial charge is 0.394 e. The Balaban J connectivity index is 1.99. The molecule has 4 unspecified atom stereocenters. The summed E-state index contributed by atoms with van der Waals surface area (Å²) in [5, 5.41) is 12.8. The van der Waals surface area contributed by atoms with Crippen LogP contribution in [0.1, 0.15) is 51.9 Å². The molecule has 0 saturated heterocycles. The van der Waals surface area contributed by atoms with Gasteiger partial charge in [-0.1, -0.05) is 26.2 Å². The highest BCUT2D eigenvalue weighted by molar-refractivity contribution is 5.80. The van der Waals surface area contributed by atoms with Gasteiger partial charge in [0.1, 0.15) is 0 Å². The molecule has 2 rings (SSSR count). The summed E-state index contributed by atoms with van der Waals surface area (Å²) in [6.07, 6.45) is 6.94. The molecule has 4 N–H and O–H groups in total. The molecular weight excluding hydrogens is 228 g/mol. The minimum atomic E-state index is -0.392. The van der Waals surface area contributed by atoms with Crippen LogP contribution in [0.4, 0.5) is 0 Å². The van der Waals surface area contributed by atoms with Crippen molar-refractivity contribution in [2.75, 3.05) is 6.61 Å². The standard InChI is InChI=1S/C14H26N2O2/c1-10-4-3-7-14(8-10,9-17)16-13(18)11-5-2-6-12(11)15/h10-12,17H,2-9,15H2,1H3,(H,16,18). The second-order valence-corrected chi connectivity index (χ2v) is 6.33. The Hall–Kier alpha value is -0.610. The van der Waals surface area contributed by atoms with E-state index in [4.69, 9.17) is 5.73 Å². The van der Waals surface area contributed by atoms with Crippen molar-refractivity contribution in [3.63, 3.8) is 0 Å². The van der Waals surface area contributed by atoms with E-state index in [1.165, 1.54) is 6.42 Å². The summed E-state index contributed by atoms with van der Waals surface area (Å²) in [5.74, 6) is 0.581. The number of nitrogens with one attached hydrogen (secondary N) is 1. The van der Waals surface area contributed by atoms with E-state index in [9.17, 15) is 9.90 Å². The molecule has 0 aromatic carbocycles. The number of carbonyl (C=O) groups excluding carboxylic acids is 1. The molecule has 1 amide bonds. The number of aliphatic hydroxyl groups excluding tert-OH is 1. The maximum Gasteiger partial charge on any atom is 0.225 e. The van der Waals surface area contributed by atoms with Gasteiger partial charge in [-0.15, -0.1) is 0 Å². The summed E-state index contributed by atoms with van der Waals surface area (Å²) in [6.45, 7) is 2.24. The van der Waals surface area contributed by atoms with Crippen molar-refractivity contribution < 1.29 is 9.90 Å². The van der Waals surface area contributed by atoms with Crippen LogP contribution in [-0.4, -0.2) is 29.2 Å². The summed E-state index contributed by atoms with van der Waals surface area (Å²) < 4.78 is 0. The second-order valence-electron chi connectivity index (χ2n) is 6.33. The minimum absolute atomic E-state index is 0.00163. The Morgan fingerprint density at radius 1 is 1.39 bits per heavy atom. The molecule has 2 aliphatic rings. The Bertz CT molecular complexity index is 308. The fourth-order valence-electron chi connectivity index (χ4n) is 3.63. The van der Waals surface area contributed by atoms with Crippen molar-refractivity contribution in [1.82, 2.24) is 5.32 Å². The normalized spacial score (nSPS) is 40.7. The predicted molar refractivity (Wildman–Crippen MR) is 70.9 cm³/mol. The quantitative estimate of drug-likeness (QED) is 0.707. The van der Waals surface area contributed by atoms with E-state index in [2.05, 4.69) is 12.2 Å². The smallest absolute Gasteiger partial charge is 0.225 e. The summed E-state index contributed by atoms with van der Waals surface area (Å²) in [7, 11) is 0. The Labute approximate surface area is 109 Å². The Kier molecular flexibility index (Phi) is 4.28. The lowest BCUT2D eigenvalue weighted by molar-refractivity contribution is -0.128. The van der Waals surface area contributed by atoms with Crippen LogP contribution in [0.2, 0.25) is 0 Å². The number of hydrogen-bond donors (Lipinski definition) is 3. The molecule has 0 radical (unpaired) electrons. The van der Waals surface area contributed by atoms with Gasteiger partial charge < -0.3 is 16.2 Å². The fourth-order valence-corrected chi connectivity index (χ4v) is 3.63. The highest BCUT2D eigenvalue weighted by atomic mass is 16.3. The van der Waals surface area contributed by atoms with Crippen LogP contribution >= 0.6 is 0 Å². The van der Waals surface area contributed by atoms with Gasteiger partial charge in [0.05, 0.1) is 18.1 Å². The second kappa shape index (κ2) is 5.57. The van der Waals surface area contributed by atoms with Gasteiger partial charge in [0, 0.05) is 6.04 Å². The number of carbonyl (C=O) groups is 1. The van der Waals surface area contributed by atoms with Crippen LogP contribution in [0.25, 0.3) is 0 Å². The first-order chi connectivity index (χ1) is 8.56. The third-order valence-electron chi connectivity index (χ3n) is 4.69. The third kappa shape index (κ3) is 2.86. The molecule has 4 nitrogen and oxygen atoms in total. The maximum atomic E-state index is 12.3. The average molecular weight is 254 g/mol. The zero-order valence-electron chi connectivity index (χ0n) is 11.3. The van der Waals surface area contributed by atoms with E-state index in [-0.39, 0.29) is 24.5 Å². The first kappa shape index (κ1) is 13.8. The van der Waals surface area contributed by atoms with Crippen molar-refractivity contribution in [3.8, 4) is 0 Å². The lowest BCUT2D eigenvalue weighted by Crippen LogP contribution is -2.56. The number of nitrogens with two attached hydrogens (primary N) is 1. The molecule has 0 aliphatic heterocycles. The minimum Gasteiger partial charge on any atom is -0.394 e. The number of amides is 1. The van der Waals surface area contributed by atoms with Gasteiger partial charge in [0.15, 0.2) is 0 Å². The van der Waals surface area contributed by atoms with E-state index >= 15 is 0 Å². The van der Waals surface area contributed by atoms with Crippen molar-refractivity contribution in [2.24, 2.45) is 17.6 Å². The molecule has 4 heteroatoms. The molecule has 0 spiro atoms. The summed E-state index contributed by atoms with van der Waals surface area (Å²) in [4.78, 5) is 12.3. The van der Waals surface area contributed by atoms with Crippen molar-refractivity contribution in [3.05, 3.63) is 0 Å². The number of rotatable bonds is 3. The lowest BCUT2D eigenvalue weighted by Gasteiger charge is -2.40. The lowest BCUT2D eigenvalue weighted by atomic mass is 9.76. The molecule has 18 heavy (non-hydrogen) atoms. The van der Waals surface area contributed by atoms with E-state index in [1.54, 1.807) is 0 Å². The monoisotopic (exact) mass is 254 g/mol. The number of aliphatic hydroxyl groups is 1. The number of hydrogen-bond acceptors (Lipinski definition) is 3. The Morgan fingerprint density at radius 3 is 2.72 bits per heavy atom. The van der Waals surface area contributed by atoms with Gasteiger partial charge in [-0.25, -0.2) is 0 Å². The molecule has 4 atom stereocenters. The van der Waals surface area contributed by atoms with Crippen LogP contribution in [0, 0.1) is 11.8 Å². The first-order valence-electron chi connectivity index (χ1n) is 7.25. The van der Waals surface area contributed by atoms with Gasteiger partial charge in [0.25, 0.3) is 0 Å². The summed E-state index contributed by atoms with van der Waals surface area (Å²) >= 11 is 0. The van der Waals surface area contributed by atoms with E-state index in [0.29, 0.717) is 5.92 Å². The van der Waals surface area contributed by atoms with Crippen LogP contribution in [0.15, 0.2) is 0 Å². The van der Waals surface area contributed by atoms with Crippen LogP contribution in [0.3, 0.4) is 0 Å². The van der Waals surface area contributed by atoms with Gasteiger partial charge in [-0.05, 0) is 31.6 Å². The predicted octanol–water partition coefficient (Wildman–Crippen LogP) is 1.17. The van der Waals surface area contributed by atoms with Gasteiger partial charge in [0.2, 0.25) is 5.91 Å². The van der Waals surface area contributed by atoms with Crippen molar-refractivity contribution >= 4 is 5.91 Å².